The highest BCUT2D eigenvalue weighted by atomic mass is 79.9. The van der Waals surface area contributed by atoms with E-state index >= 15 is 0 Å². The van der Waals surface area contributed by atoms with Gasteiger partial charge in [0.25, 0.3) is 5.56 Å². The molecule has 0 amide bonds. The van der Waals surface area contributed by atoms with Crippen molar-refractivity contribution in [3.63, 3.8) is 0 Å². The number of rotatable bonds is 4. The topological polar surface area (TPSA) is 70.7 Å². The molecule has 2 aromatic heterocycles. The number of aromatic nitrogens is 3. The van der Waals surface area contributed by atoms with Gasteiger partial charge >= 0.3 is 0 Å². The number of anilines is 1. The fourth-order valence-corrected chi connectivity index (χ4v) is 2.63. The maximum absolute atomic E-state index is 11.4. The Morgan fingerprint density at radius 3 is 3.00 bits per heavy atom. The molecule has 7 heteroatoms. The van der Waals surface area contributed by atoms with Crippen LogP contribution >= 0.6 is 27.3 Å². The molecule has 0 aliphatic carbocycles. The molecule has 0 bridgehead atoms. The number of nitrogens with one attached hydrogen (secondary N) is 2. The number of thiazole rings is 1. The van der Waals surface area contributed by atoms with Crippen molar-refractivity contribution < 1.29 is 0 Å². The van der Waals surface area contributed by atoms with Gasteiger partial charge < -0.3 is 5.32 Å². The second-order valence-electron chi connectivity index (χ2n) is 3.81. The fourth-order valence-electron chi connectivity index (χ4n) is 1.47. The molecule has 0 radical (unpaired) electrons. The molecule has 0 spiro atoms. The Balaban J connectivity index is 2.18. The van der Waals surface area contributed by atoms with Gasteiger partial charge in [-0.3, -0.25) is 4.79 Å². The normalized spacial score (nSPS) is 12.4. The summed E-state index contributed by atoms with van der Waals surface area (Å²) in [6.07, 6.45) is 4.46. The van der Waals surface area contributed by atoms with Gasteiger partial charge in [0.2, 0.25) is 0 Å². The molecule has 2 heterocycles. The van der Waals surface area contributed by atoms with E-state index in [1.807, 2.05) is 13.1 Å². The van der Waals surface area contributed by atoms with Gasteiger partial charge in [-0.15, -0.1) is 11.3 Å². The van der Waals surface area contributed by atoms with E-state index in [9.17, 15) is 4.79 Å². The first-order chi connectivity index (χ1) is 8.61. The molecule has 0 saturated carbocycles. The van der Waals surface area contributed by atoms with Crippen molar-refractivity contribution in [3.8, 4) is 0 Å². The van der Waals surface area contributed by atoms with E-state index in [0.717, 1.165) is 11.4 Å². The van der Waals surface area contributed by atoms with Crippen molar-refractivity contribution in [2.45, 2.75) is 26.3 Å². The predicted molar refractivity (Wildman–Crippen MR) is 76.1 cm³/mol. The van der Waals surface area contributed by atoms with Crippen LogP contribution in [0.1, 0.15) is 29.8 Å². The predicted octanol–water partition coefficient (Wildman–Crippen LogP) is 2.72. The molecular formula is C11H13BrN4OS. The standard InChI is InChI=1S/C11H13BrN4OS/c1-3-7-4-13-11(18-7)6(2)15-8-5-14-16-10(17)9(8)12/h4-6H,3H2,1-2H3,(H2,15,16,17). The summed E-state index contributed by atoms with van der Waals surface area (Å²) in [6.45, 7) is 4.11. The van der Waals surface area contributed by atoms with Crippen LogP contribution in [0.4, 0.5) is 5.69 Å². The third kappa shape index (κ3) is 2.78. The third-order valence-electron chi connectivity index (χ3n) is 2.46. The van der Waals surface area contributed by atoms with Gasteiger partial charge in [-0.1, -0.05) is 6.92 Å². The molecule has 0 aliphatic rings. The van der Waals surface area contributed by atoms with E-state index in [1.54, 1.807) is 17.5 Å². The number of H-pyrrole nitrogens is 1. The van der Waals surface area contributed by atoms with Gasteiger partial charge in [0.05, 0.1) is 17.9 Å². The van der Waals surface area contributed by atoms with Crippen LogP contribution in [0.2, 0.25) is 0 Å². The number of halogens is 1. The highest BCUT2D eigenvalue weighted by molar-refractivity contribution is 9.10. The summed E-state index contributed by atoms with van der Waals surface area (Å²) in [6, 6.07) is 0.0372. The SMILES string of the molecule is CCc1cnc(C(C)Nc2cn[nH]c(=O)c2Br)s1. The Labute approximate surface area is 117 Å². The first-order valence-corrected chi connectivity index (χ1v) is 7.17. The van der Waals surface area contributed by atoms with Crippen molar-refractivity contribution in [2.75, 3.05) is 5.32 Å². The molecule has 1 atom stereocenters. The van der Waals surface area contributed by atoms with Gasteiger partial charge in [-0.25, -0.2) is 10.1 Å². The van der Waals surface area contributed by atoms with Crippen LogP contribution in [-0.4, -0.2) is 15.2 Å². The monoisotopic (exact) mass is 328 g/mol. The Morgan fingerprint density at radius 2 is 2.33 bits per heavy atom. The number of nitrogens with zero attached hydrogens (tertiary/aromatic N) is 2. The van der Waals surface area contributed by atoms with Gasteiger partial charge in [-0.05, 0) is 29.3 Å². The summed E-state index contributed by atoms with van der Waals surface area (Å²) in [5.41, 5.74) is 0.417. The molecular weight excluding hydrogens is 316 g/mol. The largest absolute Gasteiger partial charge is 0.374 e. The number of aryl methyl sites for hydroxylation is 1. The minimum Gasteiger partial charge on any atom is -0.374 e. The molecule has 2 N–H and O–H groups in total. The van der Waals surface area contributed by atoms with Gasteiger partial charge in [-0.2, -0.15) is 5.10 Å². The summed E-state index contributed by atoms with van der Waals surface area (Å²) in [5, 5.41) is 10.3. The number of hydrogen-bond donors (Lipinski definition) is 2. The molecule has 2 rings (SSSR count). The van der Waals surface area contributed by atoms with Crippen LogP contribution in [0.3, 0.4) is 0 Å². The number of hydrogen-bond acceptors (Lipinski definition) is 5. The molecule has 96 valence electrons. The summed E-state index contributed by atoms with van der Waals surface area (Å²) < 4.78 is 0.455. The van der Waals surface area contributed by atoms with E-state index < -0.39 is 0 Å². The van der Waals surface area contributed by atoms with E-state index in [-0.39, 0.29) is 11.6 Å². The van der Waals surface area contributed by atoms with Crippen LogP contribution in [0, 0.1) is 0 Å². The average molecular weight is 329 g/mol. The molecule has 0 fully saturated rings. The maximum atomic E-state index is 11.4. The summed E-state index contributed by atoms with van der Waals surface area (Å²) >= 11 is 4.91. The smallest absolute Gasteiger partial charge is 0.280 e. The highest BCUT2D eigenvalue weighted by Gasteiger charge is 2.12. The first kappa shape index (κ1) is 13.2. The molecule has 0 aliphatic heterocycles. The van der Waals surface area contributed by atoms with Crippen LogP contribution < -0.4 is 10.9 Å². The van der Waals surface area contributed by atoms with Crippen LogP contribution in [0.5, 0.6) is 0 Å². The lowest BCUT2D eigenvalue weighted by Crippen LogP contribution is -2.14. The zero-order valence-corrected chi connectivity index (χ0v) is 12.4. The van der Waals surface area contributed by atoms with E-state index in [1.165, 1.54) is 4.88 Å². The highest BCUT2D eigenvalue weighted by Crippen LogP contribution is 2.25. The average Bonchev–Trinajstić information content (AvgIpc) is 2.83. The summed E-state index contributed by atoms with van der Waals surface area (Å²) in [5.74, 6) is 0. The first-order valence-electron chi connectivity index (χ1n) is 5.56. The van der Waals surface area contributed by atoms with Gasteiger partial charge in [0, 0.05) is 11.1 Å². The lowest BCUT2D eigenvalue weighted by molar-refractivity contribution is 0.858. The Morgan fingerprint density at radius 1 is 1.56 bits per heavy atom. The van der Waals surface area contributed by atoms with E-state index in [4.69, 9.17) is 0 Å². The minimum absolute atomic E-state index is 0.0372. The molecule has 5 nitrogen and oxygen atoms in total. The fraction of sp³-hybridized carbons (Fsp3) is 0.364. The lowest BCUT2D eigenvalue weighted by atomic mass is 10.3. The zero-order valence-electron chi connectivity index (χ0n) is 10.0. The molecule has 1 unspecified atom stereocenters. The van der Waals surface area contributed by atoms with Crippen LogP contribution in [-0.2, 0) is 6.42 Å². The van der Waals surface area contributed by atoms with Crippen LogP contribution in [0.15, 0.2) is 21.7 Å². The molecule has 0 aromatic carbocycles. The van der Waals surface area contributed by atoms with Gasteiger partial charge in [0.1, 0.15) is 9.48 Å². The summed E-state index contributed by atoms with van der Waals surface area (Å²) in [4.78, 5) is 17.0. The second kappa shape index (κ2) is 5.62. The van der Waals surface area contributed by atoms with Crippen molar-refractivity contribution in [1.29, 1.82) is 0 Å². The lowest BCUT2D eigenvalue weighted by Gasteiger charge is -2.12. The van der Waals surface area contributed by atoms with Crippen molar-refractivity contribution in [3.05, 3.63) is 37.1 Å². The van der Waals surface area contributed by atoms with Gasteiger partial charge in [0.15, 0.2) is 0 Å². The minimum atomic E-state index is -0.249. The Hall–Kier alpha value is -1.21. The Kier molecular flexibility index (Phi) is 4.13. The summed E-state index contributed by atoms with van der Waals surface area (Å²) in [7, 11) is 0. The number of aromatic amines is 1. The second-order valence-corrected chi connectivity index (χ2v) is 5.75. The molecule has 18 heavy (non-hydrogen) atoms. The quantitative estimate of drug-likeness (QED) is 0.905. The van der Waals surface area contributed by atoms with Crippen LogP contribution in [0.25, 0.3) is 0 Å². The third-order valence-corrected chi connectivity index (χ3v) is 4.57. The maximum Gasteiger partial charge on any atom is 0.280 e. The molecule has 0 saturated heterocycles. The molecule has 2 aromatic rings. The van der Waals surface area contributed by atoms with E-state index in [0.29, 0.717) is 10.2 Å². The van der Waals surface area contributed by atoms with Crippen molar-refractivity contribution in [2.24, 2.45) is 0 Å². The van der Waals surface area contributed by atoms with Crippen molar-refractivity contribution >= 4 is 33.0 Å². The Bertz CT molecular complexity index is 595. The van der Waals surface area contributed by atoms with Crippen molar-refractivity contribution in [1.82, 2.24) is 15.2 Å². The zero-order chi connectivity index (χ0) is 13.1. The van der Waals surface area contributed by atoms with E-state index in [2.05, 4.69) is 43.4 Å².